The number of carbonyl (C=O) groups is 4. The smallest absolute Gasteiger partial charge is 0.311 e. The molecule has 2 aliphatic heterocycles. The highest BCUT2D eigenvalue weighted by molar-refractivity contribution is 5.83. The van der Waals surface area contributed by atoms with Crippen LogP contribution in [-0.2, 0) is 41.7 Å². The predicted molar refractivity (Wildman–Crippen MR) is 146 cm³/mol. The van der Waals surface area contributed by atoms with Crippen LogP contribution in [0.25, 0.3) is 0 Å². The number of ether oxygens (including phenoxy) is 2. The molecule has 2 aliphatic rings. The standard InChI is InChI=1S/2C15H19NO4/c2*1-2-20-15(19)13-10-16(9-12(13)14(17)18)8-11-6-4-3-5-7-11/h2*3-7,12-13H,2,8-10H2,1H3,(H,17,18)/t2*12-,13-/m10/s1. The van der Waals surface area contributed by atoms with Gasteiger partial charge in [-0.3, -0.25) is 29.0 Å². The first-order valence-electron chi connectivity index (χ1n) is 13.5. The molecule has 10 heteroatoms. The number of aliphatic carboxylic acids is 2. The molecule has 0 aliphatic carbocycles. The Morgan fingerprint density at radius 3 is 1.25 bits per heavy atom. The molecule has 4 rings (SSSR count). The Hall–Kier alpha value is -3.76. The molecule has 40 heavy (non-hydrogen) atoms. The Balaban J connectivity index is 0.000000220. The van der Waals surface area contributed by atoms with Crippen molar-refractivity contribution < 1.29 is 38.9 Å². The van der Waals surface area contributed by atoms with E-state index in [0.29, 0.717) is 39.3 Å². The summed E-state index contributed by atoms with van der Waals surface area (Å²) < 4.78 is 9.95. The van der Waals surface area contributed by atoms with Crippen LogP contribution in [0.15, 0.2) is 60.7 Å². The summed E-state index contributed by atoms with van der Waals surface area (Å²) in [4.78, 5) is 50.3. The maximum atomic E-state index is 11.8. The monoisotopic (exact) mass is 554 g/mol. The summed E-state index contributed by atoms with van der Waals surface area (Å²) in [6.45, 7) is 6.95. The van der Waals surface area contributed by atoms with E-state index < -0.39 is 47.5 Å². The second-order valence-electron chi connectivity index (χ2n) is 9.97. The Morgan fingerprint density at radius 1 is 0.625 bits per heavy atom. The Labute approximate surface area is 234 Å². The lowest BCUT2D eigenvalue weighted by molar-refractivity contribution is -0.155. The summed E-state index contributed by atoms with van der Waals surface area (Å²) in [6, 6.07) is 19.6. The van der Waals surface area contributed by atoms with Gasteiger partial charge in [-0.1, -0.05) is 60.7 Å². The topological polar surface area (TPSA) is 134 Å². The number of rotatable bonds is 10. The van der Waals surface area contributed by atoms with Crippen molar-refractivity contribution >= 4 is 23.9 Å². The lowest BCUT2D eigenvalue weighted by Gasteiger charge is -2.15. The minimum atomic E-state index is -0.932. The third-order valence-electron chi connectivity index (χ3n) is 7.10. The van der Waals surface area contributed by atoms with Gasteiger partial charge < -0.3 is 19.7 Å². The van der Waals surface area contributed by atoms with Crippen molar-refractivity contribution in [3.8, 4) is 0 Å². The summed E-state index contributed by atoms with van der Waals surface area (Å²) in [5.74, 6) is -5.19. The van der Waals surface area contributed by atoms with E-state index in [1.807, 2.05) is 70.5 Å². The summed E-state index contributed by atoms with van der Waals surface area (Å²) in [5.41, 5.74) is 2.22. The normalized spacial score (nSPS) is 22.6. The van der Waals surface area contributed by atoms with E-state index in [9.17, 15) is 29.4 Å². The van der Waals surface area contributed by atoms with Crippen molar-refractivity contribution in [2.45, 2.75) is 26.9 Å². The number of hydrogen-bond acceptors (Lipinski definition) is 8. The molecule has 4 atom stereocenters. The van der Waals surface area contributed by atoms with Crippen molar-refractivity contribution in [1.82, 2.24) is 9.80 Å². The largest absolute Gasteiger partial charge is 0.481 e. The number of benzene rings is 2. The van der Waals surface area contributed by atoms with Crippen LogP contribution in [0.3, 0.4) is 0 Å². The van der Waals surface area contributed by atoms with Gasteiger partial charge in [0.15, 0.2) is 0 Å². The molecule has 2 saturated heterocycles. The molecule has 2 fully saturated rings. The zero-order valence-electron chi connectivity index (χ0n) is 23.0. The van der Waals surface area contributed by atoms with Crippen LogP contribution in [0.2, 0.25) is 0 Å². The van der Waals surface area contributed by atoms with Crippen LogP contribution in [0.5, 0.6) is 0 Å². The molecular weight excluding hydrogens is 516 g/mol. The van der Waals surface area contributed by atoms with Crippen LogP contribution in [0.4, 0.5) is 0 Å². The maximum absolute atomic E-state index is 11.8. The van der Waals surface area contributed by atoms with Crippen molar-refractivity contribution in [2.75, 3.05) is 39.4 Å². The van der Waals surface area contributed by atoms with Gasteiger partial charge in [0.25, 0.3) is 0 Å². The fourth-order valence-corrected chi connectivity index (χ4v) is 5.19. The van der Waals surface area contributed by atoms with Crippen LogP contribution in [0, 0.1) is 23.7 Å². The molecule has 0 aromatic heterocycles. The number of carbonyl (C=O) groups excluding carboxylic acids is 2. The van der Waals surface area contributed by atoms with E-state index in [0.717, 1.165) is 11.1 Å². The van der Waals surface area contributed by atoms with Gasteiger partial charge in [0.2, 0.25) is 0 Å². The SMILES string of the molecule is CCOC(=O)[C@@H]1CN(Cc2ccccc2)C[C@H]1C(=O)O.CCOC(=O)[C@H]1CN(Cc2ccccc2)C[C@@H]1C(=O)O. The third-order valence-corrected chi connectivity index (χ3v) is 7.10. The van der Waals surface area contributed by atoms with Gasteiger partial charge in [-0.05, 0) is 25.0 Å². The van der Waals surface area contributed by atoms with Gasteiger partial charge in [0.05, 0.1) is 36.9 Å². The second-order valence-corrected chi connectivity index (χ2v) is 9.97. The number of hydrogen-bond donors (Lipinski definition) is 2. The fourth-order valence-electron chi connectivity index (χ4n) is 5.19. The summed E-state index contributed by atoms with van der Waals surface area (Å²) in [5, 5.41) is 18.5. The van der Waals surface area contributed by atoms with Gasteiger partial charge in [0.1, 0.15) is 0 Å². The maximum Gasteiger partial charge on any atom is 0.311 e. The molecule has 2 aromatic carbocycles. The highest BCUT2D eigenvalue weighted by atomic mass is 16.5. The summed E-state index contributed by atoms with van der Waals surface area (Å²) in [6.07, 6.45) is 0. The molecule has 0 radical (unpaired) electrons. The Bertz CT molecular complexity index is 1040. The molecule has 10 nitrogen and oxygen atoms in total. The quantitative estimate of drug-likeness (QED) is 0.422. The lowest BCUT2D eigenvalue weighted by atomic mass is 9.96. The summed E-state index contributed by atoms with van der Waals surface area (Å²) >= 11 is 0. The first-order valence-corrected chi connectivity index (χ1v) is 13.5. The predicted octanol–water partition coefficient (Wildman–Crippen LogP) is 2.76. The van der Waals surface area contributed by atoms with Crippen LogP contribution >= 0.6 is 0 Å². The van der Waals surface area contributed by atoms with E-state index in [1.54, 1.807) is 13.8 Å². The molecule has 2 N–H and O–H groups in total. The van der Waals surface area contributed by atoms with E-state index in [-0.39, 0.29) is 13.2 Å². The fraction of sp³-hybridized carbons (Fsp3) is 0.467. The van der Waals surface area contributed by atoms with Crippen LogP contribution < -0.4 is 0 Å². The molecule has 0 spiro atoms. The number of likely N-dealkylation sites (tertiary alicyclic amines) is 2. The minimum Gasteiger partial charge on any atom is -0.481 e. The average Bonchev–Trinajstić information content (AvgIpc) is 3.56. The first kappa shape index (κ1) is 30.8. The zero-order chi connectivity index (χ0) is 29.1. The van der Waals surface area contributed by atoms with Gasteiger partial charge >= 0.3 is 23.9 Å². The van der Waals surface area contributed by atoms with E-state index >= 15 is 0 Å². The molecule has 0 unspecified atom stereocenters. The van der Waals surface area contributed by atoms with Crippen molar-refractivity contribution in [3.63, 3.8) is 0 Å². The van der Waals surface area contributed by atoms with Crippen LogP contribution in [-0.4, -0.2) is 83.3 Å². The molecule has 216 valence electrons. The van der Waals surface area contributed by atoms with Crippen molar-refractivity contribution in [1.29, 1.82) is 0 Å². The molecule has 2 aromatic rings. The highest BCUT2D eigenvalue weighted by Gasteiger charge is 2.43. The molecule has 0 saturated carbocycles. The van der Waals surface area contributed by atoms with E-state index in [4.69, 9.17) is 9.47 Å². The number of esters is 2. The van der Waals surface area contributed by atoms with Crippen molar-refractivity contribution in [2.24, 2.45) is 23.7 Å². The molecule has 0 bridgehead atoms. The number of carboxylic acids is 2. The summed E-state index contributed by atoms with van der Waals surface area (Å²) in [7, 11) is 0. The van der Waals surface area contributed by atoms with Crippen molar-refractivity contribution in [3.05, 3.63) is 71.8 Å². The van der Waals surface area contributed by atoms with Crippen LogP contribution in [0.1, 0.15) is 25.0 Å². The minimum absolute atomic E-state index is 0.278. The average molecular weight is 555 g/mol. The molecule has 0 amide bonds. The molecule has 2 heterocycles. The number of nitrogens with zero attached hydrogens (tertiary/aromatic N) is 2. The van der Waals surface area contributed by atoms with Gasteiger partial charge in [-0.2, -0.15) is 0 Å². The van der Waals surface area contributed by atoms with Gasteiger partial charge in [-0.25, -0.2) is 0 Å². The lowest BCUT2D eigenvalue weighted by Crippen LogP contribution is -2.29. The number of carboxylic acid groups (broad SMARTS) is 2. The zero-order valence-corrected chi connectivity index (χ0v) is 23.0. The molecular formula is C30H38N2O8. The second kappa shape index (κ2) is 15.1. The van der Waals surface area contributed by atoms with E-state index in [1.165, 1.54) is 0 Å². The third kappa shape index (κ3) is 8.62. The Morgan fingerprint density at radius 2 is 0.950 bits per heavy atom. The van der Waals surface area contributed by atoms with E-state index in [2.05, 4.69) is 0 Å². The first-order chi connectivity index (χ1) is 19.2. The Kier molecular flexibility index (Phi) is 11.6. The van der Waals surface area contributed by atoms with Gasteiger partial charge in [-0.15, -0.1) is 0 Å². The van der Waals surface area contributed by atoms with Gasteiger partial charge in [0, 0.05) is 39.3 Å². The highest BCUT2D eigenvalue weighted by Crippen LogP contribution is 2.27.